The minimum absolute atomic E-state index is 0.0291. The number of carboxylic acid groups (broad SMARTS) is 1. The molecule has 2 saturated heterocycles. The number of hydrogen-bond donors (Lipinski definition) is 1. The summed E-state index contributed by atoms with van der Waals surface area (Å²) in [4.78, 5) is 21.4. The zero-order chi connectivity index (χ0) is 18.9. The van der Waals surface area contributed by atoms with Gasteiger partial charge in [-0.05, 0) is 44.7 Å². The van der Waals surface area contributed by atoms with E-state index < -0.39 is 5.97 Å². The van der Waals surface area contributed by atoms with E-state index >= 15 is 0 Å². The van der Waals surface area contributed by atoms with Gasteiger partial charge in [-0.2, -0.15) is 0 Å². The van der Waals surface area contributed by atoms with E-state index in [9.17, 15) is 9.90 Å². The van der Waals surface area contributed by atoms with Crippen LogP contribution in [0.15, 0.2) is 12.4 Å². The number of imidazole rings is 1. The maximum absolute atomic E-state index is 12.0. The molecule has 0 amide bonds. The highest BCUT2D eigenvalue weighted by Gasteiger charge is 2.51. The summed E-state index contributed by atoms with van der Waals surface area (Å²) in [5, 5.41) is 9.91. The quantitative estimate of drug-likeness (QED) is 0.858. The van der Waals surface area contributed by atoms with Gasteiger partial charge in [-0.15, -0.1) is 0 Å². The number of rotatable bonds is 5. The van der Waals surface area contributed by atoms with Crippen LogP contribution in [0.3, 0.4) is 0 Å². The molecular formula is C21H34N4O2. The molecule has 4 rings (SSSR count). The molecule has 1 aromatic rings. The van der Waals surface area contributed by atoms with Crippen molar-refractivity contribution >= 4 is 5.97 Å². The molecule has 1 spiro atoms. The first kappa shape index (κ1) is 18.9. The zero-order valence-electron chi connectivity index (χ0n) is 16.6. The van der Waals surface area contributed by atoms with E-state index in [0.717, 1.165) is 63.9 Å². The van der Waals surface area contributed by atoms with E-state index in [2.05, 4.69) is 19.4 Å². The van der Waals surface area contributed by atoms with Gasteiger partial charge in [0.1, 0.15) is 5.82 Å². The van der Waals surface area contributed by atoms with Gasteiger partial charge in [-0.1, -0.05) is 19.3 Å². The van der Waals surface area contributed by atoms with Crippen molar-refractivity contribution in [2.45, 2.75) is 51.5 Å². The molecule has 3 heterocycles. The fourth-order valence-corrected chi connectivity index (χ4v) is 5.70. The second-order valence-corrected chi connectivity index (χ2v) is 9.18. The average molecular weight is 375 g/mol. The number of aryl methyl sites for hydroxylation is 1. The summed E-state index contributed by atoms with van der Waals surface area (Å²) >= 11 is 0. The standard InChI is InChI=1S/C21H34N4O2/c1-23-12-9-22-19(23)15-24-10-7-21(8-11-24)16-25(14-18(21)20(26)27)13-17-5-3-2-4-6-17/h9,12,17-18H,2-8,10-11,13-16H2,1H3,(H,26,27). The van der Waals surface area contributed by atoms with Crippen LogP contribution in [0.4, 0.5) is 0 Å². The molecule has 1 unspecified atom stereocenters. The monoisotopic (exact) mass is 374 g/mol. The van der Waals surface area contributed by atoms with Crippen LogP contribution < -0.4 is 0 Å². The van der Waals surface area contributed by atoms with Crippen molar-refractivity contribution in [3.63, 3.8) is 0 Å². The molecule has 3 fully saturated rings. The Kier molecular flexibility index (Phi) is 5.55. The van der Waals surface area contributed by atoms with Gasteiger partial charge in [-0.3, -0.25) is 9.69 Å². The van der Waals surface area contributed by atoms with Crippen LogP contribution in [0.2, 0.25) is 0 Å². The van der Waals surface area contributed by atoms with E-state index in [0.29, 0.717) is 0 Å². The summed E-state index contributed by atoms with van der Waals surface area (Å²) in [7, 11) is 2.04. The summed E-state index contributed by atoms with van der Waals surface area (Å²) in [6.07, 6.45) is 12.6. The van der Waals surface area contributed by atoms with Crippen LogP contribution in [-0.2, 0) is 18.4 Å². The average Bonchev–Trinajstić information content (AvgIpc) is 3.22. The van der Waals surface area contributed by atoms with Gasteiger partial charge in [-0.25, -0.2) is 4.98 Å². The van der Waals surface area contributed by atoms with Crippen LogP contribution >= 0.6 is 0 Å². The number of nitrogens with zero attached hydrogens (tertiary/aromatic N) is 4. The summed E-state index contributed by atoms with van der Waals surface area (Å²) in [6, 6.07) is 0. The summed E-state index contributed by atoms with van der Waals surface area (Å²) in [6.45, 7) is 5.68. The van der Waals surface area contributed by atoms with Crippen LogP contribution in [0.25, 0.3) is 0 Å². The third kappa shape index (κ3) is 4.06. The van der Waals surface area contributed by atoms with Gasteiger partial charge in [0.2, 0.25) is 0 Å². The fourth-order valence-electron chi connectivity index (χ4n) is 5.70. The minimum atomic E-state index is -0.585. The lowest BCUT2D eigenvalue weighted by Gasteiger charge is -2.41. The Hall–Kier alpha value is -1.40. The molecule has 27 heavy (non-hydrogen) atoms. The minimum Gasteiger partial charge on any atom is -0.481 e. The Labute approximate surface area is 162 Å². The molecular weight excluding hydrogens is 340 g/mol. The van der Waals surface area contributed by atoms with E-state index in [1.54, 1.807) is 0 Å². The lowest BCUT2D eigenvalue weighted by molar-refractivity contribution is -0.146. The maximum Gasteiger partial charge on any atom is 0.308 e. The number of aromatic nitrogens is 2. The summed E-state index contributed by atoms with van der Waals surface area (Å²) in [5.74, 6) is 1.09. The number of likely N-dealkylation sites (tertiary alicyclic amines) is 2. The third-order valence-corrected chi connectivity index (χ3v) is 7.40. The molecule has 1 aliphatic carbocycles. The molecule has 1 aromatic heterocycles. The lowest BCUT2D eigenvalue weighted by atomic mass is 9.71. The highest BCUT2D eigenvalue weighted by molar-refractivity contribution is 5.72. The van der Waals surface area contributed by atoms with Crippen molar-refractivity contribution in [1.29, 1.82) is 0 Å². The third-order valence-electron chi connectivity index (χ3n) is 7.40. The van der Waals surface area contributed by atoms with E-state index in [1.165, 1.54) is 32.1 Å². The second kappa shape index (κ2) is 7.92. The second-order valence-electron chi connectivity index (χ2n) is 9.18. The van der Waals surface area contributed by atoms with Gasteiger partial charge in [0.05, 0.1) is 12.5 Å². The predicted octanol–water partition coefficient (Wildman–Crippen LogP) is 2.60. The lowest BCUT2D eigenvalue weighted by Crippen LogP contribution is -2.46. The Morgan fingerprint density at radius 1 is 1.22 bits per heavy atom. The molecule has 0 radical (unpaired) electrons. The molecule has 6 heteroatoms. The van der Waals surface area contributed by atoms with Crippen LogP contribution in [0.1, 0.15) is 50.8 Å². The number of piperidine rings is 1. The largest absolute Gasteiger partial charge is 0.481 e. The number of aliphatic carboxylic acids is 1. The Morgan fingerprint density at radius 3 is 2.59 bits per heavy atom. The Morgan fingerprint density at radius 2 is 1.96 bits per heavy atom. The van der Waals surface area contributed by atoms with Gasteiger partial charge in [0.15, 0.2) is 0 Å². The van der Waals surface area contributed by atoms with Gasteiger partial charge in [0.25, 0.3) is 0 Å². The molecule has 2 aliphatic heterocycles. The fraction of sp³-hybridized carbons (Fsp3) is 0.810. The molecule has 1 saturated carbocycles. The van der Waals surface area contributed by atoms with Gasteiger partial charge < -0.3 is 14.6 Å². The van der Waals surface area contributed by atoms with Crippen LogP contribution in [0, 0.1) is 17.3 Å². The van der Waals surface area contributed by atoms with Gasteiger partial charge in [0, 0.05) is 44.5 Å². The summed E-state index contributed by atoms with van der Waals surface area (Å²) in [5.41, 5.74) is -0.0291. The first-order valence-corrected chi connectivity index (χ1v) is 10.7. The van der Waals surface area contributed by atoms with E-state index in [4.69, 9.17) is 0 Å². The van der Waals surface area contributed by atoms with Gasteiger partial charge >= 0.3 is 5.97 Å². The first-order chi connectivity index (χ1) is 13.1. The topological polar surface area (TPSA) is 61.6 Å². The molecule has 0 bridgehead atoms. The number of carbonyl (C=O) groups is 1. The van der Waals surface area contributed by atoms with Crippen molar-refractivity contribution in [3.05, 3.63) is 18.2 Å². The van der Waals surface area contributed by atoms with E-state index in [-0.39, 0.29) is 11.3 Å². The Balaban J connectivity index is 1.37. The van der Waals surface area contributed by atoms with Crippen molar-refractivity contribution in [2.24, 2.45) is 24.3 Å². The van der Waals surface area contributed by atoms with Crippen molar-refractivity contribution in [1.82, 2.24) is 19.4 Å². The maximum atomic E-state index is 12.0. The van der Waals surface area contributed by atoms with Crippen LogP contribution in [0.5, 0.6) is 0 Å². The zero-order valence-corrected chi connectivity index (χ0v) is 16.6. The van der Waals surface area contributed by atoms with E-state index in [1.807, 2.05) is 19.4 Å². The number of carboxylic acids is 1. The SMILES string of the molecule is Cn1ccnc1CN1CCC2(CC1)CN(CC1CCCCC1)CC2C(=O)O. The van der Waals surface area contributed by atoms with Crippen molar-refractivity contribution in [3.8, 4) is 0 Å². The summed E-state index contributed by atoms with van der Waals surface area (Å²) < 4.78 is 2.08. The normalized spacial score (nSPS) is 27.4. The highest BCUT2D eigenvalue weighted by atomic mass is 16.4. The highest BCUT2D eigenvalue weighted by Crippen LogP contribution is 2.45. The smallest absolute Gasteiger partial charge is 0.308 e. The molecule has 3 aliphatic rings. The molecule has 0 aromatic carbocycles. The molecule has 150 valence electrons. The number of hydrogen-bond acceptors (Lipinski definition) is 4. The molecule has 6 nitrogen and oxygen atoms in total. The predicted molar refractivity (Wildman–Crippen MR) is 104 cm³/mol. The van der Waals surface area contributed by atoms with Crippen molar-refractivity contribution < 1.29 is 9.90 Å². The molecule has 1 atom stereocenters. The van der Waals surface area contributed by atoms with Crippen molar-refractivity contribution in [2.75, 3.05) is 32.7 Å². The first-order valence-electron chi connectivity index (χ1n) is 10.7. The Bertz CT molecular complexity index is 644. The van der Waals surface area contributed by atoms with Crippen LogP contribution in [-0.4, -0.2) is 63.2 Å². The molecule has 1 N–H and O–H groups in total.